The van der Waals surface area contributed by atoms with Gasteiger partial charge in [-0.3, -0.25) is 24.3 Å². The molecule has 2 aromatic rings. The van der Waals surface area contributed by atoms with Gasteiger partial charge in [0.2, 0.25) is 17.8 Å². The molecule has 2 N–H and O–H groups in total. The second-order valence-electron chi connectivity index (χ2n) is 8.54. The summed E-state index contributed by atoms with van der Waals surface area (Å²) in [6.45, 7) is 2.41. The Bertz CT molecular complexity index is 1070. The number of aryl methyl sites for hydroxylation is 1. The van der Waals surface area contributed by atoms with Crippen molar-refractivity contribution >= 4 is 28.7 Å². The van der Waals surface area contributed by atoms with E-state index < -0.39 is 0 Å². The summed E-state index contributed by atoms with van der Waals surface area (Å²) in [6, 6.07) is 3.79. The Morgan fingerprint density at radius 3 is 2.81 bits per heavy atom. The molecule has 1 aliphatic carbocycles. The first-order chi connectivity index (χ1) is 15.5. The van der Waals surface area contributed by atoms with Crippen LogP contribution in [-0.2, 0) is 16.1 Å². The van der Waals surface area contributed by atoms with Gasteiger partial charge >= 0.3 is 0 Å². The highest BCUT2D eigenvalue weighted by Crippen LogP contribution is 2.28. The van der Waals surface area contributed by atoms with Crippen molar-refractivity contribution in [1.82, 2.24) is 14.5 Å². The Labute approximate surface area is 186 Å². The molecule has 0 atom stereocenters. The fourth-order valence-corrected chi connectivity index (χ4v) is 4.67. The second kappa shape index (κ2) is 9.68. The Balaban J connectivity index is 1.44. The fraction of sp³-hybridized carbons (Fsp3) is 0.565. The van der Waals surface area contributed by atoms with Crippen molar-refractivity contribution in [3.63, 3.8) is 0 Å². The topological polar surface area (TPSA) is 114 Å². The number of nitrogens with zero attached hydrogens (tertiary/aromatic N) is 3. The van der Waals surface area contributed by atoms with E-state index >= 15 is 0 Å². The lowest BCUT2D eigenvalue weighted by molar-refractivity contribution is -0.135. The largest absolute Gasteiger partial charge is 0.492 e. The van der Waals surface area contributed by atoms with E-state index in [1.54, 1.807) is 6.07 Å². The van der Waals surface area contributed by atoms with Gasteiger partial charge in [0.05, 0.1) is 18.7 Å². The number of rotatable bonds is 8. The van der Waals surface area contributed by atoms with Crippen LogP contribution >= 0.6 is 0 Å². The van der Waals surface area contributed by atoms with Crippen LogP contribution in [0.15, 0.2) is 16.9 Å². The highest BCUT2D eigenvalue weighted by molar-refractivity contribution is 5.95. The lowest BCUT2D eigenvalue weighted by Crippen LogP contribution is -2.43. The van der Waals surface area contributed by atoms with E-state index in [9.17, 15) is 19.5 Å². The van der Waals surface area contributed by atoms with E-state index in [-0.39, 0.29) is 49.1 Å². The van der Waals surface area contributed by atoms with Gasteiger partial charge in [0, 0.05) is 19.0 Å². The molecule has 2 amide bonds. The Morgan fingerprint density at radius 1 is 1.28 bits per heavy atom. The summed E-state index contributed by atoms with van der Waals surface area (Å²) in [5.74, 6) is 0.461. The average molecular weight is 443 g/mol. The Kier molecular flexibility index (Phi) is 6.74. The molecule has 1 aromatic heterocycles. The molecule has 9 nitrogen and oxygen atoms in total. The molecule has 1 aromatic carbocycles. The van der Waals surface area contributed by atoms with Gasteiger partial charge < -0.3 is 14.7 Å². The first kappa shape index (κ1) is 22.3. The molecule has 172 valence electrons. The lowest BCUT2D eigenvalue weighted by Gasteiger charge is -2.34. The van der Waals surface area contributed by atoms with Crippen LogP contribution in [0.5, 0.6) is 5.75 Å². The van der Waals surface area contributed by atoms with Crippen molar-refractivity contribution < 1.29 is 19.4 Å². The summed E-state index contributed by atoms with van der Waals surface area (Å²) in [5.41, 5.74) is 0.945. The zero-order chi connectivity index (χ0) is 22.7. The van der Waals surface area contributed by atoms with Crippen LogP contribution in [0.3, 0.4) is 0 Å². The van der Waals surface area contributed by atoms with Crippen molar-refractivity contribution in [2.45, 2.75) is 64.5 Å². The van der Waals surface area contributed by atoms with Crippen molar-refractivity contribution in [2.75, 3.05) is 25.1 Å². The molecule has 9 heteroatoms. The minimum atomic E-state index is -0.315. The van der Waals surface area contributed by atoms with Crippen LogP contribution in [0.2, 0.25) is 0 Å². The number of fused-ring (bicyclic) bond motifs is 2. The maximum Gasteiger partial charge on any atom is 0.267 e. The minimum absolute atomic E-state index is 0.0352. The SMILES string of the molecule is Cc1ccc2nc3n(c(=O)c2c1OCCCC(=O)N(CCO)C1CCCCC1)CC(=O)N3. The number of amides is 2. The average Bonchev–Trinajstić information content (AvgIpc) is 3.17. The summed E-state index contributed by atoms with van der Waals surface area (Å²) in [4.78, 5) is 43.7. The van der Waals surface area contributed by atoms with Crippen molar-refractivity contribution in [2.24, 2.45) is 0 Å². The van der Waals surface area contributed by atoms with E-state index in [1.165, 1.54) is 11.0 Å². The highest BCUT2D eigenvalue weighted by atomic mass is 16.5. The summed E-state index contributed by atoms with van der Waals surface area (Å²) in [6.07, 6.45) is 6.27. The van der Waals surface area contributed by atoms with Gasteiger partial charge in [-0.1, -0.05) is 25.3 Å². The number of hydrogen-bond donors (Lipinski definition) is 2. The maximum atomic E-state index is 13.0. The van der Waals surface area contributed by atoms with Crippen LogP contribution in [0.4, 0.5) is 5.95 Å². The van der Waals surface area contributed by atoms with E-state index in [0.29, 0.717) is 36.0 Å². The molecular weight excluding hydrogens is 412 g/mol. The third-order valence-corrected chi connectivity index (χ3v) is 6.28. The number of aliphatic hydroxyl groups excluding tert-OH is 1. The number of carbonyl (C=O) groups excluding carboxylic acids is 2. The smallest absolute Gasteiger partial charge is 0.267 e. The summed E-state index contributed by atoms with van der Waals surface area (Å²) in [7, 11) is 0. The fourth-order valence-electron chi connectivity index (χ4n) is 4.67. The molecule has 2 heterocycles. The molecule has 1 aliphatic heterocycles. The zero-order valence-electron chi connectivity index (χ0n) is 18.4. The van der Waals surface area contributed by atoms with Gasteiger partial charge in [-0.25, -0.2) is 4.98 Å². The number of carbonyl (C=O) groups is 2. The standard InChI is InChI=1S/C23H30N4O5/c1-15-9-10-17-20(22(31)27-14-18(29)25-23(27)24-17)21(15)32-13-5-8-19(30)26(11-12-28)16-6-3-2-4-7-16/h9-10,16,28H,2-8,11-14H2,1H3,(H,24,25,29). The third-order valence-electron chi connectivity index (χ3n) is 6.28. The first-order valence-electron chi connectivity index (χ1n) is 11.4. The van der Waals surface area contributed by atoms with Crippen molar-refractivity contribution in [1.29, 1.82) is 0 Å². The molecule has 0 radical (unpaired) electrons. The summed E-state index contributed by atoms with van der Waals surface area (Å²) < 4.78 is 7.29. The van der Waals surface area contributed by atoms with E-state index in [2.05, 4.69) is 10.3 Å². The molecule has 2 aliphatic rings. The van der Waals surface area contributed by atoms with Crippen molar-refractivity contribution in [3.05, 3.63) is 28.0 Å². The van der Waals surface area contributed by atoms with Crippen LogP contribution in [0.25, 0.3) is 10.9 Å². The number of aromatic nitrogens is 2. The summed E-state index contributed by atoms with van der Waals surface area (Å²) in [5, 5.41) is 12.3. The number of hydrogen-bond acceptors (Lipinski definition) is 6. The van der Waals surface area contributed by atoms with Gasteiger partial charge in [-0.2, -0.15) is 0 Å². The maximum absolute atomic E-state index is 13.0. The molecule has 0 spiro atoms. The molecule has 32 heavy (non-hydrogen) atoms. The lowest BCUT2D eigenvalue weighted by atomic mass is 9.94. The monoisotopic (exact) mass is 442 g/mol. The summed E-state index contributed by atoms with van der Waals surface area (Å²) >= 11 is 0. The van der Waals surface area contributed by atoms with Crippen LogP contribution in [-0.4, -0.2) is 57.2 Å². The van der Waals surface area contributed by atoms with E-state index in [1.807, 2.05) is 17.9 Å². The predicted octanol–water partition coefficient (Wildman–Crippen LogP) is 1.97. The molecule has 1 fully saturated rings. The van der Waals surface area contributed by atoms with Gasteiger partial charge in [0.1, 0.15) is 17.7 Å². The quantitative estimate of drug-likeness (QED) is 0.604. The molecule has 0 saturated heterocycles. The normalized spacial score (nSPS) is 16.1. The Hall–Kier alpha value is -2.94. The van der Waals surface area contributed by atoms with Gasteiger partial charge in [-0.05, 0) is 37.8 Å². The molecular formula is C23H30N4O5. The zero-order valence-corrected chi connectivity index (χ0v) is 18.4. The van der Waals surface area contributed by atoms with Crippen LogP contribution in [0, 0.1) is 6.92 Å². The number of aliphatic hydroxyl groups is 1. The first-order valence-corrected chi connectivity index (χ1v) is 11.4. The highest BCUT2D eigenvalue weighted by Gasteiger charge is 2.25. The molecule has 0 unspecified atom stereocenters. The number of nitrogens with one attached hydrogen (secondary N) is 1. The van der Waals surface area contributed by atoms with Gasteiger partial charge in [-0.15, -0.1) is 0 Å². The van der Waals surface area contributed by atoms with Crippen LogP contribution in [0.1, 0.15) is 50.5 Å². The van der Waals surface area contributed by atoms with Crippen LogP contribution < -0.4 is 15.6 Å². The number of anilines is 1. The van der Waals surface area contributed by atoms with Gasteiger partial charge in [0.25, 0.3) is 5.56 Å². The predicted molar refractivity (Wildman–Crippen MR) is 120 cm³/mol. The second-order valence-corrected chi connectivity index (χ2v) is 8.54. The third kappa shape index (κ3) is 4.48. The Morgan fingerprint density at radius 2 is 2.06 bits per heavy atom. The molecule has 4 rings (SSSR count). The molecule has 1 saturated carbocycles. The molecule has 0 bridgehead atoms. The number of ether oxygens (including phenoxy) is 1. The van der Waals surface area contributed by atoms with Gasteiger partial charge in [0.15, 0.2) is 0 Å². The number of benzene rings is 1. The van der Waals surface area contributed by atoms with E-state index in [4.69, 9.17) is 4.74 Å². The van der Waals surface area contributed by atoms with E-state index in [0.717, 1.165) is 31.2 Å². The minimum Gasteiger partial charge on any atom is -0.492 e. The van der Waals surface area contributed by atoms with Crippen molar-refractivity contribution in [3.8, 4) is 5.75 Å².